The van der Waals surface area contributed by atoms with Gasteiger partial charge >= 0.3 is 5.97 Å². The summed E-state index contributed by atoms with van der Waals surface area (Å²) in [5, 5.41) is 20.7. The summed E-state index contributed by atoms with van der Waals surface area (Å²) in [4.78, 5) is 22.8. The van der Waals surface area contributed by atoms with Gasteiger partial charge in [-0.25, -0.2) is 0 Å². The van der Waals surface area contributed by atoms with E-state index in [4.69, 9.17) is 10.8 Å². The molecule has 116 valence electrons. The molecule has 5 N–H and O–H groups in total. The molecule has 0 spiro atoms. The maximum atomic E-state index is 12.0. The van der Waals surface area contributed by atoms with Gasteiger partial charge in [-0.1, -0.05) is 26.0 Å². The molecular formula is C15H22N2O4. The molecule has 1 aromatic rings. The fraction of sp³-hybridized carbons (Fsp3) is 0.467. The minimum atomic E-state index is -0.957. The first-order valence-corrected chi connectivity index (χ1v) is 6.85. The van der Waals surface area contributed by atoms with Crippen LogP contribution in [-0.2, 0) is 16.0 Å². The Balaban J connectivity index is 2.60. The molecule has 0 aromatic heterocycles. The number of phenolic OH excluding ortho intramolecular Hbond substituents is 1. The van der Waals surface area contributed by atoms with Gasteiger partial charge in [-0.15, -0.1) is 0 Å². The zero-order valence-electron chi connectivity index (χ0n) is 12.2. The van der Waals surface area contributed by atoms with Crippen molar-refractivity contribution in [1.82, 2.24) is 5.32 Å². The van der Waals surface area contributed by atoms with Crippen LogP contribution in [-0.4, -0.2) is 34.2 Å². The number of phenols is 1. The number of rotatable bonds is 7. The summed E-state index contributed by atoms with van der Waals surface area (Å²) in [6, 6.07) is 5.24. The van der Waals surface area contributed by atoms with E-state index < -0.39 is 18.1 Å². The molecule has 0 bridgehead atoms. The number of nitrogens with two attached hydrogens (primary N) is 1. The van der Waals surface area contributed by atoms with Crippen molar-refractivity contribution in [2.45, 2.75) is 38.8 Å². The monoisotopic (exact) mass is 294 g/mol. The van der Waals surface area contributed by atoms with Crippen molar-refractivity contribution >= 4 is 11.9 Å². The van der Waals surface area contributed by atoms with Crippen LogP contribution in [0.4, 0.5) is 0 Å². The Kier molecular flexibility index (Phi) is 6.17. The van der Waals surface area contributed by atoms with E-state index in [1.165, 1.54) is 12.1 Å². The Morgan fingerprint density at radius 1 is 1.24 bits per heavy atom. The Labute approximate surface area is 124 Å². The molecule has 1 amide bonds. The molecule has 0 heterocycles. The fourth-order valence-electron chi connectivity index (χ4n) is 1.91. The van der Waals surface area contributed by atoms with E-state index in [0.29, 0.717) is 6.42 Å². The number of hydrogen-bond donors (Lipinski definition) is 4. The standard InChI is InChI=1S/C15H22N2O4/c1-9(2)13(8-14(19)20)17-15(21)12(16)7-10-3-5-11(18)6-4-10/h3-6,9,12-13,18H,7-8,16H2,1-2H3,(H,17,21)(H,19,20)/t12-,13?/m0/s1. The highest BCUT2D eigenvalue weighted by Crippen LogP contribution is 2.11. The molecule has 2 atom stereocenters. The Morgan fingerprint density at radius 3 is 2.29 bits per heavy atom. The predicted octanol–water partition coefficient (Wildman–Crippen LogP) is 0.878. The van der Waals surface area contributed by atoms with Crippen molar-refractivity contribution in [3.8, 4) is 5.75 Å². The molecule has 0 aliphatic rings. The van der Waals surface area contributed by atoms with Gasteiger partial charge in [0.15, 0.2) is 0 Å². The average molecular weight is 294 g/mol. The first kappa shape index (κ1) is 17.0. The van der Waals surface area contributed by atoms with Crippen LogP contribution in [0.25, 0.3) is 0 Å². The molecule has 6 heteroatoms. The molecule has 0 fully saturated rings. The molecule has 6 nitrogen and oxygen atoms in total. The van der Waals surface area contributed by atoms with Crippen LogP contribution >= 0.6 is 0 Å². The highest BCUT2D eigenvalue weighted by molar-refractivity contribution is 5.82. The number of carboxylic acid groups (broad SMARTS) is 1. The second kappa shape index (κ2) is 7.64. The number of carbonyl (C=O) groups is 2. The summed E-state index contributed by atoms with van der Waals surface area (Å²) >= 11 is 0. The van der Waals surface area contributed by atoms with Crippen LogP contribution in [0.2, 0.25) is 0 Å². The maximum absolute atomic E-state index is 12.0. The van der Waals surface area contributed by atoms with Gasteiger partial charge in [-0.2, -0.15) is 0 Å². The Hall–Kier alpha value is -2.08. The molecule has 1 unspecified atom stereocenters. The number of aliphatic carboxylic acids is 1. The number of aromatic hydroxyl groups is 1. The minimum absolute atomic E-state index is 0.00548. The van der Waals surface area contributed by atoms with Gasteiger partial charge < -0.3 is 21.3 Å². The zero-order valence-corrected chi connectivity index (χ0v) is 12.2. The molecule has 0 aliphatic heterocycles. The van der Waals surface area contributed by atoms with Crippen molar-refractivity contribution < 1.29 is 19.8 Å². The van der Waals surface area contributed by atoms with E-state index >= 15 is 0 Å². The lowest BCUT2D eigenvalue weighted by atomic mass is 9.99. The second-order valence-corrected chi connectivity index (χ2v) is 5.43. The summed E-state index contributed by atoms with van der Waals surface area (Å²) in [6.07, 6.45) is 0.194. The van der Waals surface area contributed by atoms with E-state index in [2.05, 4.69) is 5.32 Å². The van der Waals surface area contributed by atoms with Gasteiger partial charge in [0.1, 0.15) is 5.75 Å². The highest BCUT2D eigenvalue weighted by atomic mass is 16.4. The molecule has 21 heavy (non-hydrogen) atoms. The van der Waals surface area contributed by atoms with E-state index in [9.17, 15) is 14.7 Å². The summed E-state index contributed by atoms with van der Waals surface area (Å²) in [5.74, 6) is -1.17. The number of carbonyl (C=O) groups excluding carboxylic acids is 1. The third kappa shape index (κ3) is 5.83. The largest absolute Gasteiger partial charge is 0.508 e. The van der Waals surface area contributed by atoms with Crippen LogP contribution in [0.1, 0.15) is 25.8 Å². The molecule has 0 saturated heterocycles. The second-order valence-electron chi connectivity index (χ2n) is 5.43. The number of nitrogens with one attached hydrogen (secondary N) is 1. The molecule has 1 rings (SSSR count). The van der Waals surface area contributed by atoms with Crippen LogP contribution in [0, 0.1) is 5.92 Å². The van der Waals surface area contributed by atoms with Gasteiger partial charge in [0.2, 0.25) is 5.91 Å². The summed E-state index contributed by atoms with van der Waals surface area (Å²) in [5.41, 5.74) is 6.67. The van der Waals surface area contributed by atoms with Crippen molar-refractivity contribution in [3.63, 3.8) is 0 Å². The van der Waals surface area contributed by atoms with E-state index in [1.807, 2.05) is 13.8 Å². The summed E-state index contributed by atoms with van der Waals surface area (Å²) in [7, 11) is 0. The highest BCUT2D eigenvalue weighted by Gasteiger charge is 2.22. The van der Waals surface area contributed by atoms with Crippen molar-refractivity contribution in [3.05, 3.63) is 29.8 Å². The number of amides is 1. The van der Waals surface area contributed by atoms with Crippen LogP contribution in [0.3, 0.4) is 0 Å². The lowest BCUT2D eigenvalue weighted by molar-refractivity contribution is -0.138. The first-order valence-electron chi connectivity index (χ1n) is 6.85. The molecule has 0 radical (unpaired) electrons. The smallest absolute Gasteiger partial charge is 0.305 e. The van der Waals surface area contributed by atoms with Crippen LogP contribution < -0.4 is 11.1 Å². The minimum Gasteiger partial charge on any atom is -0.508 e. The van der Waals surface area contributed by atoms with Gasteiger partial charge in [-0.3, -0.25) is 9.59 Å². The Bertz CT molecular complexity index is 485. The molecule has 1 aromatic carbocycles. The van der Waals surface area contributed by atoms with E-state index in [0.717, 1.165) is 5.56 Å². The van der Waals surface area contributed by atoms with Gasteiger partial charge in [0.05, 0.1) is 12.5 Å². The molecular weight excluding hydrogens is 272 g/mol. The number of carboxylic acids is 1. The number of benzene rings is 1. The summed E-state index contributed by atoms with van der Waals surface area (Å²) < 4.78 is 0. The quantitative estimate of drug-likeness (QED) is 0.596. The lowest BCUT2D eigenvalue weighted by Crippen LogP contribution is -2.48. The predicted molar refractivity (Wildman–Crippen MR) is 78.8 cm³/mol. The average Bonchev–Trinajstić information content (AvgIpc) is 2.39. The van der Waals surface area contributed by atoms with Crippen LogP contribution in [0.15, 0.2) is 24.3 Å². The van der Waals surface area contributed by atoms with Gasteiger partial charge in [-0.05, 0) is 30.0 Å². The molecule has 0 saturated carbocycles. The summed E-state index contributed by atoms with van der Waals surface area (Å²) in [6.45, 7) is 3.69. The van der Waals surface area contributed by atoms with Crippen molar-refractivity contribution in [2.75, 3.05) is 0 Å². The third-order valence-electron chi connectivity index (χ3n) is 3.26. The third-order valence-corrected chi connectivity index (χ3v) is 3.26. The first-order chi connectivity index (χ1) is 9.79. The van der Waals surface area contributed by atoms with Crippen molar-refractivity contribution in [1.29, 1.82) is 0 Å². The van der Waals surface area contributed by atoms with Crippen LogP contribution in [0.5, 0.6) is 5.75 Å². The SMILES string of the molecule is CC(C)C(CC(=O)O)NC(=O)[C@@H](N)Cc1ccc(O)cc1. The topological polar surface area (TPSA) is 113 Å². The lowest BCUT2D eigenvalue weighted by Gasteiger charge is -2.22. The zero-order chi connectivity index (χ0) is 16.0. The molecule has 0 aliphatic carbocycles. The van der Waals surface area contributed by atoms with E-state index in [1.54, 1.807) is 12.1 Å². The van der Waals surface area contributed by atoms with Gasteiger partial charge in [0, 0.05) is 6.04 Å². The fourth-order valence-corrected chi connectivity index (χ4v) is 1.91. The van der Waals surface area contributed by atoms with E-state index in [-0.39, 0.29) is 24.0 Å². The number of hydrogen-bond acceptors (Lipinski definition) is 4. The normalized spacial score (nSPS) is 13.7. The van der Waals surface area contributed by atoms with Gasteiger partial charge in [0.25, 0.3) is 0 Å². The maximum Gasteiger partial charge on any atom is 0.305 e. The van der Waals surface area contributed by atoms with Crippen molar-refractivity contribution in [2.24, 2.45) is 11.7 Å². The Morgan fingerprint density at radius 2 is 1.81 bits per heavy atom.